The van der Waals surface area contributed by atoms with Crippen molar-refractivity contribution in [3.05, 3.63) is 71.8 Å². The number of aliphatic hydroxyl groups is 5. The third kappa shape index (κ3) is 7.90. The minimum absolute atomic E-state index is 0.0268. The maximum atomic E-state index is 14.4. The van der Waals surface area contributed by atoms with Crippen LogP contribution in [0.1, 0.15) is 42.2 Å². The zero-order valence-corrected chi connectivity index (χ0v) is 36.0. The number of aliphatic hydroxyl groups excluding tert-OH is 5. The molecule has 0 saturated carbocycles. The highest BCUT2D eigenvalue weighted by Gasteiger charge is 2.70. The Labute approximate surface area is 363 Å². The Hall–Kier alpha value is -4.82. The SMILES string of the molecule is Cc1cc2c(cc1C)N1[C@@]3(C(=O)NC(=O)N=C3N2C[C@H](O)[C@H](O)[C@H](O)COP(=O)(O)OP(=O)(O)OC[C@H]2O[C@@H](n3cnc4c(N)ncnc43)[C@H](O)[C@@H]2O)C(c2ccccc2)C[C@]1(C)N. The van der Waals surface area contributed by atoms with Crippen molar-refractivity contribution >= 4 is 61.8 Å². The molecule has 64 heavy (non-hydrogen) atoms. The van der Waals surface area contributed by atoms with Crippen molar-refractivity contribution in [2.45, 2.75) is 87.2 Å². The third-order valence-electron chi connectivity index (χ3n) is 11.9. The number of rotatable bonds is 14. The maximum Gasteiger partial charge on any atom is 0.481 e. The summed E-state index contributed by atoms with van der Waals surface area (Å²) >= 11 is 0. The van der Waals surface area contributed by atoms with Crippen LogP contribution in [0.2, 0.25) is 0 Å². The molecular weight excluding hydrogens is 886 g/mol. The highest BCUT2D eigenvalue weighted by atomic mass is 31.3. The van der Waals surface area contributed by atoms with Gasteiger partial charge in [-0.05, 0) is 56.0 Å². The zero-order chi connectivity index (χ0) is 46.3. The van der Waals surface area contributed by atoms with Crippen LogP contribution in [0.5, 0.6) is 0 Å². The van der Waals surface area contributed by atoms with E-state index in [9.17, 15) is 54.0 Å². The smallest absolute Gasteiger partial charge is 0.388 e. The number of nitrogens with one attached hydrogen (secondary N) is 1. The number of amides is 3. The molecule has 344 valence electrons. The molecule has 2 aromatic carbocycles. The van der Waals surface area contributed by atoms with Crippen LogP contribution in [-0.4, -0.2) is 140 Å². The van der Waals surface area contributed by atoms with Crippen molar-refractivity contribution in [1.29, 1.82) is 0 Å². The lowest BCUT2D eigenvalue weighted by atomic mass is 9.75. The van der Waals surface area contributed by atoms with Crippen LogP contribution < -0.4 is 26.6 Å². The monoisotopic (exact) mass is 932 g/mol. The van der Waals surface area contributed by atoms with E-state index in [-0.39, 0.29) is 29.2 Å². The van der Waals surface area contributed by atoms with Crippen molar-refractivity contribution in [1.82, 2.24) is 24.8 Å². The number of β-amino-alcohol motifs (C(OH)–C–C–N with tert-alkyl or cyclic N) is 1. The number of phosphoric acid groups is 2. The zero-order valence-electron chi connectivity index (χ0n) is 34.2. The van der Waals surface area contributed by atoms with Crippen LogP contribution in [0.25, 0.3) is 11.2 Å². The van der Waals surface area contributed by atoms with E-state index in [0.29, 0.717) is 16.9 Å². The van der Waals surface area contributed by atoms with E-state index in [0.717, 1.165) is 17.5 Å². The van der Waals surface area contributed by atoms with Gasteiger partial charge in [0.2, 0.25) is 0 Å². The number of aliphatic imine (C=N–C) groups is 1. The van der Waals surface area contributed by atoms with Gasteiger partial charge in [-0.1, -0.05) is 30.3 Å². The molecule has 3 unspecified atom stereocenters. The summed E-state index contributed by atoms with van der Waals surface area (Å²) in [6.45, 7) is 2.59. The molecule has 4 aliphatic heterocycles. The molecule has 4 aromatic rings. The van der Waals surface area contributed by atoms with Crippen LogP contribution in [0, 0.1) is 13.8 Å². The maximum absolute atomic E-state index is 14.4. The highest BCUT2D eigenvalue weighted by Crippen LogP contribution is 2.61. The van der Waals surface area contributed by atoms with Gasteiger partial charge in [-0.15, -0.1) is 0 Å². The number of benzene rings is 2. The minimum atomic E-state index is -5.61. The fourth-order valence-electron chi connectivity index (χ4n) is 8.80. The number of carbonyl (C=O) groups is 2. The molecule has 0 radical (unpaired) electrons. The standard InChI is InChI=1S/C37H46N10O15P2/c1-17-9-21-22(10-18(17)2)47-36(3,39)11-20(19-7-5-4-6-8-19)37(47)33(43-35(54)44-34(37)53)45(21)12-23(48)27(50)24(49)13-59-63(55,56)62-64(57,58)60-14-25-28(51)29(52)32(61-25)46-16-42-26-30(38)40-15-41-31(26)46/h4-10,15-16,20,23-25,27-29,32,48-52H,11-14,39H2,1-3H3,(H,55,56)(H,57,58)(H2,38,40,41)(H,44,53,54)/t20?,23-,24+,25+,27-,28+,29+,32+,36+,37-/m0/s1. The van der Waals surface area contributed by atoms with E-state index in [2.05, 4.69) is 29.6 Å². The van der Waals surface area contributed by atoms with Crippen molar-refractivity contribution in [3.63, 3.8) is 0 Å². The van der Waals surface area contributed by atoms with Gasteiger partial charge in [0.25, 0.3) is 5.91 Å². The molecular formula is C37H46N10O15P2. The minimum Gasteiger partial charge on any atom is -0.388 e. The van der Waals surface area contributed by atoms with Crippen molar-refractivity contribution in [2.24, 2.45) is 10.7 Å². The van der Waals surface area contributed by atoms with Crippen LogP contribution in [0.3, 0.4) is 0 Å². The number of nitrogens with two attached hydrogens (primary N) is 2. The lowest BCUT2D eigenvalue weighted by Crippen LogP contribution is -2.76. The van der Waals surface area contributed by atoms with E-state index < -0.39 is 107 Å². The number of urea groups is 1. The van der Waals surface area contributed by atoms with Gasteiger partial charge in [0.05, 0.1) is 43.1 Å². The summed E-state index contributed by atoms with van der Waals surface area (Å²) in [7, 11) is -11.1. The first kappa shape index (κ1) is 45.7. The van der Waals surface area contributed by atoms with E-state index in [4.69, 9.17) is 25.3 Å². The number of hydrogen-bond acceptors (Lipinski definition) is 20. The molecule has 2 saturated heterocycles. The van der Waals surface area contributed by atoms with Crippen molar-refractivity contribution in [2.75, 3.05) is 35.3 Å². The predicted molar refractivity (Wildman–Crippen MR) is 222 cm³/mol. The van der Waals surface area contributed by atoms with Gasteiger partial charge in [-0.2, -0.15) is 9.30 Å². The van der Waals surface area contributed by atoms with E-state index in [1.54, 1.807) is 36.1 Å². The van der Waals surface area contributed by atoms with Crippen molar-refractivity contribution < 1.29 is 72.1 Å². The number of fused-ring (bicyclic) bond motifs is 3. The number of hydrogen-bond donors (Lipinski definition) is 10. The first-order chi connectivity index (χ1) is 30.1. The second-order valence-corrected chi connectivity index (χ2v) is 19.3. The van der Waals surface area contributed by atoms with Gasteiger partial charge in [0, 0.05) is 5.92 Å². The molecule has 6 heterocycles. The number of ether oxygens (including phenoxy) is 1. The van der Waals surface area contributed by atoms with Crippen LogP contribution in [0.15, 0.2) is 60.1 Å². The lowest BCUT2D eigenvalue weighted by molar-refractivity contribution is -0.123. The number of nitrogens with zero attached hydrogens (tertiary/aromatic N) is 7. The second-order valence-electron chi connectivity index (χ2n) is 16.2. The number of aromatic nitrogens is 4. The summed E-state index contributed by atoms with van der Waals surface area (Å²) in [5, 5.41) is 57.1. The molecule has 0 aliphatic carbocycles. The van der Waals surface area contributed by atoms with Crippen molar-refractivity contribution in [3.8, 4) is 0 Å². The van der Waals surface area contributed by atoms with E-state index >= 15 is 0 Å². The normalized spacial score (nSPS) is 29.9. The quantitative estimate of drug-likeness (QED) is 0.0716. The number of anilines is 3. The summed E-state index contributed by atoms with van der Waals surface area (Å²) < 4.78 is 46.3. The molecule has 2 fully saturated rings. The van der Waals surface area contributed by atoms with Crippen LogP contribution in [-0.2, 0) is 32.0 Å². The van der Waals surface area contributed by atoms with Gasteiger partial charge in [0.15, 0.2) is 29.1 Å². The molecule has 1 spiro atoms. The molecule has 12 atom stereocenters. The number of imide groups is 1. The fourth-order valence-corrected chi connectivity index (χ4v) is 10.9. The Morgan fingerprint density at radius 3 is 2.34 bits per heavy atom. The molecule has 4 aliphatic rings. The summed E-state index contributed by atoms with van der Waals surface area (Å²) in [5.41, 5.74) is 13.3. The summed E-state index contributed by atoms with van der Waals surface area (Å²) in [6.07, 6.45) is -9.92. The summed E-state index contributed by atoms with van der Waals surface area (Å²) in [4.78, 5) is 67.4. The molecule has 27 heteroatoms. The topological polar surface area (TPSA) is 373 Å². The Morgan fingerprint density at radius 1 is 0.969 bits per heavy atom. The van der Waals surface area contributed by atoms with Gasteiger partial charge in [-0.3, -0.25) is 23.7 Å². The Kier molecular flexibility index (Phi) is 11.8. The molecule has 8 rings (SSSR count). The molecule has 12 N–H and O–H groups in total. The number of phosphoric ester groups is 2. The molecule has 25 nitrogen and oxygen atoms in total. The fraction of sp³-hybridized carbons (Fsp3) is 0.459. The molecule has 2 aromatic heterocycles. The van der Waals surface area contributed by atoms with E-state index in [1.807, 2.05) is 32.0 Å². The van der Waals surface area contributed by atoms with E-state index in [1.165, 1.54) is 15.8 Å². The first-order valence-corrected chi connectivity index (χ1v) is 22.7. The van der Waals surface area contributed by atoms with Gasteiger partial charge in [-0.25, -0.2) is 28.9 Å². The average molecular weight is 933 g/mol. The van der Waals surface area contributed by atoms with Gasteiger partial charge >= 0.3 is 21.7 Å². The highest BCUT2D eigenvalue weighted by molar-refractivity contribution is 7.61. The number of amidine groups is 1. The molecule has 3 amide bonds. The predicted octanol–water partition coefficient (Wildman–Crippen LogP) is -0.446. The Bertz CT molecular complexity index is 2620. The number of carbonyl (C=O) groups excluding carboxylic acids is 2. The van der Waals surface area contributed by atoms with Gasteiger partial charge in [0.1, 0.15) is 48.5 Å². The summed E-state index contributed by atoms with van der Waals surface area (Å²) in [5.74, 6) is -1.51. The van der Waals surface area contributed by atoms with Crippen LogP contribution >= 0.6 is 15.6 Å². The Morgan fingerprint density at radius 2 is 1.64 bits per heavy atom. The summed E-state index contributed by atoms with van der Waals surface area (Å²) in [6, 6.07) is 11.6. The van der Waals surface area contributed by atoms with Crippen LogP contribution in [0.4, 0.5) is 22.0 Å². The lowest BCUT2D eigenvalue weighted by Gasteiger charge is -2.54. The number of nitrogen functional groups attached to an aromatic ring is 1. The first-order valence-electron chi connectivity index (χ1n) is 19.7. The number of imidazole rings is 1. The second kappa shape index (κ2) is 16.6. The Balaban J connectivity index is 0.957. The molecule has 0 bridgehead atoms. The number of aryl methyl sites for hydroxylation is 2. The third-order valence-corrected chi connectivity index (χ3v) is 14.5. The largest absolute Gasteiger partial charge is 0.481 e. The average Bonchev–Trinajstić information content (AvgIpc) is 3.87. The van der Waals surface area contributed by atoms with Gasteiger partial charge < -0.3 is 61.3 Å².